The summed E-state index contributed by atoms with van der Waals surface area (Å²) in [5, 5.41) is 4.02. The Kier molecular flexibility index (Phi) is 5.89. The number of amides is 1. The van der Waals surface area contributed by atoms with Crippen molar-refractivity contribution >= 4 is 34.4 Å². The van der Waals surface area contributed by atoms with Gasteiger partial charge in [0, 0.05) is 41.5 Å². The Morgan fingerprint density at radius 1 is 1.25 bits per heavy atom. The fourth-order valence-corrected chi connectivity index (χ4v) is 3.60. The molecule has 0 unspecified atom stereocenters. The maximum atomic E-state index is 12.6. The van der Waals surface area contributed by atoms with E-state index in [9.17, 15) is 4.79 Å². The molecule has 1 aliphatic heterocycles. The number of hydrogen-bond acceptors (Lipinski definition) is 5. The Morgan fingerprint density at radius 2 is 2.03 bits per heavy atom. The fraction of sp³-hybridized carbons (Fsp3) is 0.160. The summed E-state index contributed by atoms with van der Waals surface area (Å²) < 4.78 is 0. The van der Waals surface area contributed by atoms with E-state index in [4.69, 9.17) is 5.73 Å². The third-order valence-electron chi connectivity index (χ3n) is 5.08. The van der Waals surface area contributed by atoms with Gasteiger partial charge in [-0.15, -0.1) is 0 Å². The Hall–Kier alpha value is -4.13. The first-order valence-corrected chi connectivity index (χ1v) is 10.3. The minimum absolute atomic E-state index is 0.00322. The van der Waals surface area contributed by atoms with Crippen LogP contribution in [0.2, 0.25) is 0 Å². The SMILES string of the molecule is C=C(N)NC1=NCC(C)=N/C1=C\c1cc2cc(CN(C)C(=O)c3ccccc3)ccc2[nH]1. The third-order valence-corrected chi connectivity index (χ3v) is 5.08. The first kappa shape index (κ1) is 21.1. The van der Waals surface area contributed by atoms with Gasteiger partial charge in [-0.05, 0) is 48.9 Å². The molecule has 3 aromatic rings. The van der Waals surface area contributed by atoms with Crippen LogP contribution in [0.5, 0.6) is 0 Å². The first-order chi connectivity index (χ1) is 15.4. The van der Waals surface area contributed by atoms with Crippen molar-refractivity contribution in [3.63, 3.8) is 0 Å². The topological polar surface area (TPSA) is 98.9 Å². The summed E-state index contributed by atoms with van der Waals surface area (Å²) in [6.07, 6.45) is 1.93. The van der Waals surface area contributed by atoms with Gasteiger partial charge in [-0.2, -0.15) is 0 Å². The summed E-state index contributed by atoms with van der Waals surface area (Å²) in [6.45, 7) is 6.67. The van der Waals surface area contributed by atoms with E-state index >= 15 is 0 Å². The molecule has 0 fully saturated rings. The monoisotopic (exact) mass is 426 g/mol. The first-order valence-electron chi connectivity index (χ1n) is 10.3. The lowest BCUT2D eigenvalue weighted by Crippen LogP contribution is -2.30. The van der Waals surface area contributed by atoms with Crippen molar-refractivity contribution < 1.29 is 4.79 Å². The van der Waals surface area contributed by atoms with E-state index in [-0.39, 0.29) is 5.91 Å². The van der Waals surface area contributed by atoms with Crippen molar-refractivity contribution in [3.8, 4) is 0 Å². The van der Waals surface area contributed by atoms with Gasteiger partial charge in [-0.25, -0.2) is 0 Å². The van der Waals surface area contributed by atoms with Crippen molar-refractivity contribution in [3.05, 3.63) is 89.5 Å². The molecule has 0 saturated heterocycles. The Morgan fingerprint density at radius 3 is 2.78 bits per heavy atom. The number of aliphatic imine (C=N–C) groups is 2. The van der Waals surface area contributed by atoms with Crippen molar-refractivity contribution in [2.24, 2.45) is 15.7 Å². The number of aromatic amines is 1. The molecule has 1 aliphatic rings. The van der Waals surface area contributed by atoms with Crippen LogP contribution in [0.25, 0.3) is 17.0 Å². The molecular formula is C25H26N6O. The molecular weight excluding hydrogens is 400 g/mol. The average molecular weight is 427 g/mol. The van der Waals surface area contributed by atoms with E-state index in [1.165, 1.54) is 0 Å². The van der Waals surface area contributed by atoms with Gasteiger partial charge in [0.2, 0.25) is 0 Å². The normalized spacial score (nSPS) is 14.8. The average Bonchev–Trinajstić information content (AvgIpc) is 3.17. The number of amidine groups is 1. The zero-order valence-corrected chi connectivity index (χ0v) is 18.2. The summed E-state index contributed by atoms with van der Waals surface area (Å²) >= 11 is 0. The molecule has 1 amide bonds. The molecule has 0 radical (unpaired) electrons. The highest BCUT2D eigenvalue weighted by Crippen LogP contribution is 2.21. The van der Waals surface area contributed by atoms with E-state index in [0.29, 0.717) is 36.0 Å². The number of fused-ring (bicyclic) bond motifs is 1. The van der Waals surface area contributed by atoms with Gasteiger partial charge in [0.05, 0.1) is 12.4 Å². The van der Waals surface area contributed by atoms with Crippen LogP contribution in [-0.4, -0.2) is 40.9 Å². The molecule has 4 N–H and O–H groups in total. The predicted molar refractivity (Wildman–Crippen MR) is 130 cm³/mol. The van der Waals surface area contributed by atoms with Crippen LogP contribution in [-0.2, 0) is 6.54 Å². The van der Waals surface area contributed by atoms with Crippen molar-refractivity contribution in [1.82, 2.24) is 15.2 Å². The van der Waals surface area contributed by atoms with E-state index < -0.39 is 0 Å². The highest BCUT2D eigenvalue weighted by molar-refractivity contribution is 6.08. The molecule has 0 aliphatic carbocycles. The van der Waals surface area contributed by atoms with Crippen LogP contribution < -0.4 is 11.1 Å². The van der Waals surface area contributed by atoms with Gasteiger partial charge < -0.3 is 20.9 Å². The van der Waals surface area contributed by atoms with Gasteiger partial charge in [0.15, 0.2) is 5.84 Å². The van der Waals surface area contributed by atoms with E-state index in [1.807, 2.05) is 62.5 Å². The second kappa shape index (κ2) is 8.93. The van der Waals surface area contributed by atoms with Gasteiger partial charge in [-0.1, -0.05) is 30.8 Å². The van der Waals surface area contributed by atoms with Crippen LogP contribution in [0.1, 0.15) is 28.5 Å². The summed E-state index contributed by atoms with van der Waals surface area (Å²) in [6, 6.07) is 17.5. The molecule has 0 bridgehead atoms. The van der Waals surface area contributed by atoms with E-state index in [2.05, 4.69) is 39.0 Å². The number of carbonyl (C=O) groups excluding carboxylic acids is 1. The van der Waals surface area contributed by atoms with Crippen molar-refractivity contribution in [2.75, 3.05) is 13.6 Å². The van der Waals surface area contributed by atoms with Crippen LogP contribution >= 0.6 is 0 Å². The zero-order chi connectivity index (χ0) is 22.7. The number of nitrogens with zero attached hydrogens (tertiary/aromatic N) is 3. The number of benzene rings is 2. The third kappa shape index (κ3) is 4.78. The van der Waals surface area contributed by atoms with Gasteiger partial charge in [0.25, 0.3) is 5.91 Å². The molecule has 32 heavy (non-hydrogen) atoms. The summed E-state index contributed by atoms with van der Waals surface area (Å²) in [7, 11) is 1.81. The standard InChI is InChI=1S/C25H26N6O/c1-16-14-27-24(29-17(2)26)23(28-16)13-21-12-20-11-18(9-10-22(20)30-21)15-31(3)25(32)19-7-5-4-6-8-19/h4-13,30H,2,14-15,26H2,1,3H3,(H,27,29)/b23-13-. The Bertz CT molecular complexity index is 1270. The van der Waals surface area contributed by atoms with Crippen molar-refractivity contribution in [2.45, 2.75) is 13.5 Å². The maximum Gasteiger partial charge on any atom is 0.253 e. The van der Waals surface area contributed by atoms with Crippen LogP contribution in [0, 0.1) is 0 Å². The molecule has 2 aromatic carbocycles. The summed E-state index contributed by atoms with van der Waals surface area (Å²) in [4.78, 5) is 26.9. The molecule has 4 rings (SSSR count). The van der Waals surface area contributed by atoms with Gasteiger partial charge in [-0.3, -0.25) is 14.8 Å². The highest BCUT2D eigenvalue weighted by atomic mass is 16.2. The molecule has 7 heteroatoms. The number of rotatable bonds is 5. The molecule has 162 valence electrons. The molecule has 0 spiro atoms. The Labute approximate surface area is 187 Å². The number of aromatic nitrogens is 1. The predicted octanol–water partition coefficient (Wildman–Crippen LogP) is 3.67. The van der Waals surface area contributed by atoms with Crippen LogP contribution in [0.15, 0.2) is 82.7 Å². The summed E-state index contributed by atoms with van der Waals surface area (Å²) in [5.74, 6) is 0.917. The maximum absolute atomic E-state index is 12.6. The van der Waals surface area contributed by atoms with Crippen LogP contribution in [0.3, 0.4) is 0 Å². The smallest absolute Gasteiger partial charge is 0.253 e. The summed E-state index contributed by atoms with van der Waals surface area (Å²) in [5.41, 5.74) is 10.9. The molecule has 2 heterocycles. The molecule has 0 atom stereocenters. The van der Waals surface area contributed by atoms with E-state index in [0.717, 1.165) is 27.9 Å². The number of carbonyl (C=O) groups is 1. The van der Waals surface area contributed by atoms with Gasteiger partial charge in [0.1, 0.15) is 5.70 Å². The molecule has 7 nitrogen and oxygen atoms in total. The van der Waals surface area contributed by atoms with Crippen molar-refractivity contribution in [1.29, 1.82) is 0 Å². The largest absolute Gasteiger partial charge is 0.386 e. The fourth-order valence-electron chi connectivity index (χ4n) is 3.60. The molecule has 0 saturated carbocycles. The second-order valence-corrected chi connectivity index (χ2v) is 7.87. The van der Waals surface area contributed by atoms with Gasteiger partial charge >= 0.3 is 0 Å². The Balaban J connectivity index is 1.56. The minimum atomic E-state index is -0.00322. The number of nitrogens with one attached hydrogen (secondary N) is 2. The van der Waals surface area contributed by atoms with E-state index in [1.54, 1.807) is 4.90 Å². The minimum Gasteiger partial charge on any atom is -0.386 e. The lowest BCUT2D eigenvalue weighted by molar-refractivity contribution is 0.0785. The van der Waals surface area contributed by atoms with Crippen LogP contribution in [0.4, 0.5) is 0 Å². The number of H-pyrrole nitrogens is 1. The lowest BCUT2D eigenvalue weighted by Gasteiger charge is -2.17. The second-order valence-electron chi connectivity index (χ2n) is 7.87. The molecule has 1 aromatic heterocycles. The number of nitrogens with two attached hydrogens (primary N) is 1. The number of hydrogen-bond donors (Lipinski definition) is 3. The highest BCUT2D eigenvalue weighted by Gasteiger charge is 2.14. The lowest BCUT2D eigenvalue weighted by atomic mass is 10.1. The zero-order valence-electron chi connectivity index (χ0n) is 18.2. The quantitative estimate of drug-likeness (QED) is 0.580.